The van der Waals surface area contributed by atoms with Gasteiger partial charge >= 0.3 is 6.36 Å². The summed E-state index contributed by atoms with van der Waals surface area (Å²) in [4.78, 5) is 11.5. The summed E-state index contributed by atoms with van der Waals surface area (Å²) in [6, 6.07) is 3.79. The van der Waals surface area contributed by atoms with Crippen LogP contribution in [0.4, 0.5) is 13.2 Å². The minimum atomic E-state index is -4.90. The number of ether oxygens (including phenoxy) is 1. The third-order valence-electron chi connectivity index (χ3n) is 1.81. The quantitative estimate of drug-likeness (QED) is 0.617. The molecule has 0 bridgehead atoms. The summed E-state index contributed by atoms with van der Waals surface area (Å²) in [6.07, 6.45) is -4.99. The first-order valence-electron chi connectivity index (χ1n) is 4.48. The summed E-state index contributed by atoms with van der Waals surface area (Å²) < 4.78 is 40.1. The predicted molar refractivity (Wildman–Crippen MR) is 57.8 cm³/mol. The molecule has 94 valence electrons. The van der Waals surface area contributed by atoms with Crippen LogP contribution >= 0.6 is 23.2 Å². The van der Waals surface area contributed by atoms with Crippen LogP contribution in [0.3, 0.4) is 0 Å². The molecule has 0 atom stereocenters. The van der Waals surface area contributed by atoms with Crippen LogP contribution in [0.25, 0.3) is 0 Å². The molecule has 17 heavy (non-hydrogen) atoms. The van der Waals surface area contributed by atoms with Gasteiger partial charge in [0.1, 0.15) is 0 Å². The van der Waals surface area contributed by atoms with Gasteiger partial charge in [-0.25, -0.2) is 0 Å². The molecular formula is C10H7Cl2F3O2. The highest BCUT2D eigenvalue weighted by Crippen LogP contribution is 2.34. The summed E-state index contributed by atoms with van der Waals surface area (Å²) in [7, 11) is 0. The molecule has 0 aliphatic carbocycles. The molecule has 2 nitrogen and oxygen atoms in total. The van der Waals surface area contributed by atoms with E-state index in [-0.39, 0.29) is 22.9 Å². The first-order valence-corrected chi connectivity index (χ1v) is 5.40. The monoisotopic (exact) mass is 286 g/mol. The fourth-order valence-corrected chi connectivity index (χ4v) is 1.55. The summed E-state index contributed by atoms with van der Waals surface area (Å²) >= 11 is 10.9. The molecule has 1 aromatic carbocycles. The third kappa shape index (κ3) is 4.09. The van der Waals surface area contributed by atoms with Crippen LogP contribution in [0.1, 0.15) is 16.8 Å². The maximum atomic E-state index is 12.1. The lowest BCUT2D eigenvalue weighted by atomic mass is 10.1. The lowest BCUT2D eigenvalue weighted by Gasteiger charge is -2.13. The van der Waals surface area contributed by atoms with Crippen LogP contribution < -0.4 is 4.74 Å². The topological polar surface area (TPSA) is 26.3 Å². The molecule has 0 aromatic heterocycles. The largest absolute Gasteiger partial charge is 0.573 e. The average molecular weight is 287 g/mol. The number of halogens is 5. The first kappa shape index (κ1) is 14.1. The fourth-order valence-electron chi connectivity index (χ4n) is 1.17. The average Bonchev–Trinajstić information content (AvgIpc) is 2.19. The van der Waals surface area contributed by atoms with Gasteiger partial charge in [-0.3, -0.25) is 4.79 Å². The molecule has 1 aromatic rings. The van der Waals surface area contributed by atoms with Crippen LogP contribution in [0.15, 0.2) is 18.2 Å². The van der Waals surface area contributed by atoms with E-state index in [1.165, 1.54) is 18.2 Å². The lowest BCUT2D eigenvalue weighted by Crippen LogP contribution is -2.19. The van der Waals surface area contributed by atoms with Crippen molar-refractivity contribution in [2.75, 3.05) is 5.88 Å². The molecule has 0 spiro atoms. The third-order valence-corrected chi connectivity index (χ3v) is 2.29. The van der Waals surface area contributed by atoms with Crippen molar-refractivity contribution in [3.05, 3.63) is 28.8 Å². The highest BCUT2D eigenvalue weighted by Gasteiger charge is 2.34. The summed E-state index contributed by atoms with van der Waals surface area (Å²) in [5.74, 6) is -1.23. The standard InChI is InChI=1S/C10H7Cl2F3O2/c11-5-4-8(16)6-2-1-3-7(12)9(6)17-10(13,14)15/h1-3H,4-5H2. The number of ketones is 1. The van der Waals surface area contributed by atoms with Gasteiger partial charge in [-0.2, -0.15) is 0 Å². The van der Waals surface area contributed by atoms with Gasteiger partial charge in [0.25, 0.3) is 0 Å². The number of hydrogen-bond donors (Lipinski definition) is 0. The molecule has 0 saturated heterocycles. The second-order valence-electron chi connectivity index (χ2n) is 3.03. The van der Waals surface area contributed by atoms with E-state index in [0.717, 1.165) is 0 Å². The van der Waals surface area contributed by atoms with E-state index >= 15 is 0 Å². The number of Topliss-reactive ketones (excluding diaryl/α,β-unsaturated/α-hetero) is 1. The first-order chi connectivity index (χ1) is 7.85. The molecule has 1 rings (SSSR count). The molecule has 0 unspecified atom stereocenters. The Morgan fingerprint density at radius 2 is 2.00 bits per heavy atom. The zero-order valence-corrected chi connectivity index (χ0v) is 9.86. The van der Waals surface area contributed by atoms with Gasteiger partial charge in [-0.05, 0) is 12.1 Å². The number of hydrogen-bond acceptors (Lipinski definition) is 2. The molecule has 0 aliphatic rings. The van der Waals surface area contributed by atoms with Crippen LogP contribution in [0.5, 0.6) is 5.75 Å². The van der Waals surface area contributed by atoms with E-state index in [1.54, 1.807) is 0 Å². The van der Waals surface area contributed by atoms with Crippen molar-refractivity contribution in [3.8, 4) is 5.75 Å². The second kappa shape index (κ2) is 5.60. The van der Waals surface area contributed by atoms with Crippen molar-refractivity contribution in [1.82, 2.24) is 0 Å². The van der Waals surface area contributed by atoms with Crippen molar-refractivity contribution in [2.24, 2.45) is 0 Å². The van der Waals surface area contributed by atoms with Gasteiger partial charge in [0.2, 0.25) is 0 Å². The van der Waals surface area contributed by atoms with Crippen LogP contribution in [-0.4, -0.2) is 18.0 Å². The lowest BCUT2D eigenvalue weighted by molar-refractivity contribution is -0.274. The number of para-hydroxylation sites is 1. The molecule has 0 fully saturated rings. The molecule has 7 heteroatoms. The van der Waals surface area contributed by atoms with Gasteiger partial charge in [0.05, 0.1) is 10.6 Å². The van der Waals surface area contributed by atoms with E-state index in [1.807, 2.05) is 0 Å². The predicted octanol–water partition coefficient (Wildman–Crippen LogP) is 4.05. The molecule has 0 saturated carbocycles. The SMILES string of the molecule is O=C(CCCl)c1cccc(Cl)c1OC(F)(F)F. The van der Waals surface area contributed by atoms with E-state index in [9.17, 15) is 18.0 Å². The number of alkyl halides is 4. The fraction of sp³-hybridized carbons (Fsp3) is 0.300. The summed E-state index contributed by atoms with van der Waals surface area (Å²) in [5, 5.41) is -0.275. The maximum Gasteiger partial charge on any atom is 0.573 e. The smallest absolute Gasteiger partial charge is 0.403 e. The van der Waals surface area contributed by atoms with E-state index in [0.29, 0.717) is 0 Å². The van der Waals surface area contributed by atoms with Crippen LogP contribution in [-0.2, 0) is 0 Å². The molecule has 0 heterocycles. The Morgan fingerprint density at radius 1 is 1.35 bits per heavy atom. The van der Waals surface area contributed by atoms with Crippen LogP contribution in [0.2, 0.25) is 5.02 Å². The van der Waals surface area contributed by atoms with Crippen molar-refractivity contribution in [2.45, 2.75) is 12.8 Å². The van der Waals surface area contributed by atoms with Gasteiger partial charge < -0.3 is 4.74 Å². The van der Waals surface area contributed by atoms with Gasteiger partial charge in [0.15, 0.2) is 11.5 Å². The van der Waals surface area contributed by atoms with Crippen LogP contribution in [0, 0.1) is 0 Å². The van der Waals surface area contributed by atoms with Gasteiger partial charge in [0, 0.05) is 12.3 Å². The highest BCUT2D eigenvalue weighted by molar-refractivity contribution is 6.32. The van der Waals surface area contributed by atoms with E-state index in [2.05, 4.69) is 4.74 Å². The molecule has 0 amide bonds. The zero-order valence-electron chi connectivity index (χ0n) is 8.35. The molecule has 0 radical (unpaired) electrons. The Hall–Kier alpha value is -0.940. The van der Waals surface area contributed by atoms with Crippen molar-refractivity contribution in [1.29, 1.82) is 0 Å². The summed E-state index contributed by atoms with van der Waals surface area (Å²) in [5.41, 5.74) is -0.226. The zero-order chi connectivity index (χ0) is 13.1. The van der Waals surface area contributed by atoms with Crippen molar-refractivity contribution < 1.29 is 22.7 Å². The minimum Gasteiger partial charge on any atom is -0.403 e. The molecule has 0 aliphatic heterocycles. The Morgan fingerprint density at radius 3 is 2.53 bits per heavy atom. The normalized spacial score (nSPS) is 11.4. The Balaban J connectivity index is 3.13. The van der Waals surface area contributed by atoms with Gasteiger partial charge in [-0.15, -0.1) is 24.8 Å². The summed E-state index contributed by atoms with van der Waals surface area (Å²) in [6.45, 7) is 0. The second-order valence-corrected chi connectivity index (χ2v) is 3.81. The molecule has 0 N–H and O–H groups in total. The number of carbonyl (C=O) groups excluding carboxylic acids is 1. The number of benzene rings is 1. The van der Waals surface area contributed by atoms with E-state index in [4.69, 9.17) is 23.2 Å². The Labute approximate surface area is 105 Å². The Bertz CT molecular complexity index is 419. The number of carbonyl (C=O) groups is 1. The highest BCUT2D eigenvalue weighted by atomic mass is 35.5. The van der Waals surface area contributed by atoms with Crippen molar-refractivity contribution >= 4 is 29.0 Å². The molecular weight excluding hydrogens is 280 g/mol. The Kier molecular flexibility index (Phi) is 4.65. The minimum absolute atomic E-state index is 0.0107. The van der Waals surface area contributed by atoms with Gasteiger partial charge in [-0.1, -0.05) is 17.7 Å². The number of rotatable bonds is 4. The van der Waals surface area contributed by atoms with Crippen molar-refractivity contribution in [3.63, 3.8) is 0 Å². The maximum absolute atomic E-state index is 12.1. The van der Waals surface area contributed by atoms with E-state index < -0.39 is 17.9 Å².